The minimum atomic E-state index is -0.314. The van der Waals surface area contributed by atoms with Gasteiger partial charge in [0.15, 0.2) is 0 Å². The number of ether oxygens (including phenoxy) is 1. The summed E-state index contributed by atoms with van der Waals surface area (Å²) >= 11 is 0. The van der Waals surface area contributed by atoms with Crippen molar-refractivity contribution >= 4 is 6.03 Å². The lowest BCUT2D eigenvalue weighted by atomic mass is 10.0. The number of hydrogen-bond donors (Lipinski definition) is 2. The SMILES string of the molecule is C[C@@H](NC1CCN(C(N)=O)CC1)c1ccc(OC(C)(C)C)cc1. The topological polar surface area (TPSA) is 67.6 Å². The van der Waals surface area contributed by atoms with Crippen molar-refractivity contribution < 1.29 is 9.53 Å². The first kappa shape index (κ1) is 17.6. The molecular weight excluding hydrogens is 290 g/mol. The van der Waals surface area contributed by atoms with Gasteiger partial charge in [0.2, 0.25) is 0 Å². The number of amides is 2. The summed E-state index contributed by atoms with van der Waals surface area (Å²) in [4.78, 5) is 12.9. The van der Waals surface area contributed by atoms with Crippen LogP contribution in [0.15, 0.2) is 24.3 Å². The Labute approximate surface area is 139 Å². The summed E-state index contributed by atoms with van der Waals surface area (Å²) in [5, 5.41) is 3.64. The fourth-order valence-electron chi connectivity index (χ4n) is 2.89. The molecule has 3 N–H and O–H groups in total. The monoisotopic (exact) mass is 319 g/mol. The standard InChI is InChI=1S/C18H29N3O2/c1-13(20-15-9-11-21(12-10-15)17(19)22)14-5-7-16(8-6-14)23-18(2,3)4/h5-8,13,15,20H,9-12H2,1-4H3,(H2,19,22)/t13-/m1/s1. The maximum atomic E-state index is 11.2. The van der Waals surface area contributed by atoms with Crippen LogP contribution in [-0.4, -0.2) is 35.7 Å². The molecule has 5 heteroatoms. The van der Waals surface area contributed by atoms with E-state index in [1.807, 2.05) is 32.9 Å². The maximum Gasteiger partial charge on any atom is 0.314 e. The second-order valence-electron chi connectivity index (χ2n) is 7.27. The number of nitrogens with one attached hydrogen (secondary N) is 1. The first-order chi connectivity index (χ1) is 10.7. The van der Waals surface area contributed by atoms with Crippen LogP contribution in [0.4, 0.5) is 4.79 Å². The van der Waals surface area contributed by atoms with Gasteiger partial charge in [0.25, 0.3) is 0 Å². The van der Waals surface area contributed by atoms with Crippen LogP contribution in [0.25, 0.3) is 0 Å². The van der Waals surface area contributed by atoms with E-state index in [1.54, 1.807) is 4.90 Å². The van der Waals surface area contributed by atoms with Gasteiger partial charge in [0, 0.05) is 25.2 Å². The van der Waals surface area contributed by atoms with E-state index < -0.39 is 0 Å². The first-order valence-electron chi connectivity index (χ1n) is 8.34. The van der Waals surface area contributed by atoms with E-state index in [0.29, 0.717) is 6.04 Å². The van der Waals surface area contributed by atoms with E-state index in [4.69, 9.17) is 10.5 Å². The quantitative estimate of drug-likeness (QED) is 0.896. The molecule has 0 unspecified atom stereocenters. The van der Waals surface area contributed by atoms with E-state index in [-0.39, 0.29) is 17.7 Å². The summed E-state index contributed by atoms with van der Waals surface area (Å²) in [5.41, 5.74) is 6.38. The van der Waals surface area contributed by atoms with Gasteiger partial charge >= 0.3 is 6.03 Å². The van der Waals surface area contributed by atoms with E-state index in [1.165, 1.54) is 5.56 Å². The van der Waals surface area contributed by atoms with Gasteiger partial charge in [-0.15, -0.1) is 0 Å². The number of nitrogens with zero attached hydrogens (tertiary/aromatic N) is 1. The van der Waals surface area contributed by atoms with Crippen molar-refractivity contribution in [2.24, 2.45) is 5.73 Å². The Morgan fingerprint density at radius 2 is 1.83 bits per heavy atom. The van der Waals surface area contributed by atoms with E-state index in [9.17, 15) is 4.79 Å². The highest BCUT2D eigenvalue weighted by Gasteiger charge is 2.22. The largest absolute Gasteiger partial charge is 0.488 e. The molecular formula is C18H29N3O2. The summed E-state index contributed by atoms with van der Waals surface area (Å²) < 4.78 is 5.85. The number of urea groups is 1. The Hall–Kier alpha value is -1.75. The maximum absolute atomic E-state index is 11.2. The van der Waals surface area contributed by atoms with Gasteiger partial charge in [-0.1, -0.05) is 12.1 Å². The lowest BCUT2D eigenvalue weighted by molar-refractivity contribution is 0.131. The predicted octanol–water partition coefficient (Wildman–Crippen LogP) is 3.06. The van der Waals surface area contributed by atoms with Crippen molar-refractivity contribution in [3.05, 3.63) is 29.8 Å². The van der Waals surface area contributed by atoms with Crippen molar-refractivity contribution in [3.8, 4) is 5.75 Å². The Bertz CT molecular complexity index is 514. The summed E-state index contributed by atoms with van der Waals surface area (Å²) in [6.45, 7) is 9.77. The van der Waals surface area contributed by atoms with E-state index in [2.05, 4.69) is 24.4 Å². The van der Waals surface area contributed by atoms with Gasteiger partial charge < -0.3 is 20.7 Å². The van der Waals surface area contributed by atoms with Crippen molar-refractivity contribution in [3.63, 3.8) is 0 Å². The molecule has 23 heavy (non-hydrogen) atoms. The Balaban J connectivity index is 1.86. The number of carbonyl (C=O) groups excluding carboxylic acids is 1. The molecule has 1 heterocycles. The molecule has 1 aromatic carbocycles. The fourth-order valence-corrected chi connectivity index (χ4v) is 2.89. The zero-order valence-corrected chi connectivity index (χ0v) is 14.6. The van der Waals surface area contributed by atoms with Crippen LogP contribution in [0.3, 0.4) is 0 Å². The first-order valence-corrected chi connectivity index (χ1v) is 8.34. The second-order valence-corrected chi connectivity index (χ2v) is 7.27. The molecule has 0 aromatic heterocycles. The van der Waals surface area contributed by atoms with Crippen LogP contribution < -0.4 is 15.8 Å². The van der Waals surface area contributed by atoms with Crippen LogP contribution >= 0.6 is 0 Å². The number of carbonyl (C=O) groups is 1. The zero-order valence-electron chi connectivity index (χ0n) is 14.6. The summed E-state index contributed by atoms with van der Waals surface area (Å²) in [5.74, 6) is 0.892. The number of primary amides is 1. The highest BCUT2D eigenvalue weighted by molar-refractivity contribution is 5.72. The summed E-state index contributed by atoms with van der Waals surface area (Å²) in [7, 11) is 0. The van der Waals surface area contributed by atoms with Gasteiger partial charge in [-0.05, 0) is 58.2 Å². The van der Waals surface area contributed by atoms with Crippen molar-refractivity contribution in [2.45, 2.75) is 58.2 Å². The van der Waals surface area contributed by atoms with Crippen LogP contribution in [0.5, 0.6) is 5.75 Å². The lowest BCUT2D eigenvalue weighted by Crippen LogP contribution is -2.47. The normalized spacial score (nSPS) is 17.8. The minimum Gasteiger partial charge on any atom is -0.488 e. The molecule has 0 bridgehead atoms. The number of hydrogen-bond acceptors (Lipinski definition) is 3. The van der Waals surface area contributed by atoms with Crippen molar-refractivity contribution in [2.75, 3.05) is 13.1 Å². The zero-order chi connectivity index (χ0) is 17.0. The van der Waals surface area contributed by atoms with Crippen molar-refractivity contribution in [1.29, 1.82) is 0 Å². The number of benzene rings is 1. The number of likely N-dealkylation sites (tertiary alicyclic amines) is 1. The van der Waals surface area contributed by atoms with E-state index in [0.717, 1.165) is 31.7 Å². The molecule has 5 nitrogen and oxygen atoms in total. The van der Waals surface area contributed by atoms with Crippen LogP contribution in [0.2, 0.25) is 0 Å². The average Bonchev–Trinajstić information content (AvgIpc) is 2.46. The minimum absolute atomic E-state index is 0.181. The third kappa shape index (κ3) is 5.43. The molecule has 1 atom stereocenters. The van der Waals surface area contributed by atoms with Crippen molar-refractivity contribution in [1.82, 2.24) is 10.2 Å². The molecule has 1 saturated heterocycles. The molecule has 0 spiro atoms. The molecule has 1 aliphatic rings. The van der Waals surface area contributed by atoms with Crippen LogP contribution in [0, 0.1) is 0 Å². The Morgan fingerprint density at radius 3 is 2.30 bits per heavy atom. The Kier molecular flexibility index (Phi) is 5.52. The molecule has 2 amide bonds. The van der Waals surface area contributed by atoms with Gasteiger partial charge in [-0.2, -0.15) is 0 Å². The fraction of sp³-hybridized carbons (Fsp3) is 0.611. The third-order valence-electron chi connectivity index (χ3n) is 4.10. The summed E-state index contributed by atoms with van der Waals surface area (Å²) in [6, 6.07) is 8.64. The molecule has 2 rings (SSSR count). The average molecular weight is 319 g/mol. The third-order valence-corrected chi connectivity index (χ3v) is 4.10. The molecule has 128 valence electrons. The molecule has 1 aromatic rings. The smallest absolute Gasteiger partial charge is 0.314 e. The van der Waals surface area contributed by atoms with Gasteiger partial charge in [0.05, 0.1) is 0 Å². The van der Waals surface area contributed by atoms with Gasteiger partial charge in [0.1, 0.15) is 11.4 Å². The number of nitrogens with two attached hydrogens (primary N) is 1. The lowest BCUT2D eigenvalue weighted by Gasteiger charge is -2.33. The second kappa shape index (κ2) is 7.21. The number of piperidine rings is 1. The molecule has 0 saturated carbocycles. The highest BCUT2D eigenvalue weighted by Crippen LogP contribution is 2.22. The predicted molar refractivity (Wildman–Crippen MR) is 92.6 cm³/mol. The van der Waals surface area contributed by atoms with Gasteiger partial charge in [-0.3, -0.25) is 0 Å². The Morgan fingerprint density at radius 1 is 1.26 bits per heavy atom. The number of rotatable bonds is 4. The van der Waals surface area contributed by atoms with Crippen LogP contribution in [0.1, 0.15) is 52.1 Å². The highest BCUT2D eigenvalue weighted by atomic mass is 16.5. The van der Waals surface area contributed by atoms with E-state index >= 15 is 0 Å². The molecule has 1 aliphatic heterocycles. The van der Waals surface area contributed by atoms with Crippen LogP contribution in [-0.2, 0) is 0 Å². The molecule has 0 aliphatic carbocycles. The summed E-state index contributed by atoms with van der Waals surface area (Å²) in [6.07, 6.45) is 1.89. The van der Waals surface area contributed by atoms with Gasteiger partial charge in [-0.25, -0.2) is 4.79 Å². The molecule has 1 fully saturated rings. The molecule has 0 radical (unpaired) electrons.